The molecular formula is C39H37NO5. The molecule has 6 nitrogen and oxygen atoms in total. The molecule has 0 spiro atoms. The number of ether oxygens (including phenoxy) is 5. The Morgan fingerprint density at radius 1 is 0.533 bits per heavy atom. The number of fused-ring (bicyclic) bond motifs is 1. The summed E-state index contributed by atoms with van der Waals surface area (Å²) in [5.41, 5.74) is 7.31. The van der Waals surface area contributed by atoms with Gasteiger partial charge in [-0.15, -0.1) is 0 Å². The SMILES string of the molecule is COc1ccc(CC2=NCCc3cc(OCc4ccccc4)c(OCc4ccccc4)c(OC)c32)cc1OCc1ccccc1. The van der Waals surface area contributed by atoms with Gasteiger partial charge in [-0.2, -0.15) is 0 Å². The zero-order valence-corrected chi connectivity index (χ0v) is 25.7. The highest BCUT2D eigenvalue weighted by Crippen LogP contribution is 2.45. The molecule has 0 amide bonds. The van der Waals surface area contributed by atoms with Gasteiger partial charge < -0.3 is 23.7 Å². The van der Waals surface area contributed by atoms with Gasteiger partial charge in [-0.25, -0.2) is 0 Å². The fourth-order valence-electron chi connectivity index (χ4n) is 5.49. The van der Waals surface area contributed by atoms with Gasteiger partial charge in [0.15, 0.2) is 23.0 Å². The number of nitrogens with zero attached hydrogens (tertiary/aromatic N) is 1. The van der Waals surface area contributed by atoms with Crippen molar-refractivity contribution >= 4 is 5.71 Å². The fourth-order valence-corrected chi connectivity index (χ4v) is 5.49. The molecule has 45 heavy (non-hydrogen) atoms. The molecule has 0 bridgehead atoms. The highest BCUT2D eigenvalue weighted by molar-refractivity contribution is 6.07. The number of aliphatic imine (C=N–C) groups is 1. The summed E-state index contributed by atoms with van der Waals surface area (Å²) in [5, 5.41) is 0. The van der Waals surface area contributed by atoms with Crippen LogP contribution in [0.25, 0.3) is 0 Å². The smallest absolute Gasteiger partial charge is 0.204 e. The van der Waals surface area contributed by atoms with Crippen LogP contribution in [0.1, 0.15) is 33.4 Å². The fraction of sp³-hybridized carbons (Fsp3) is 0.205. The molecule has 0 unspecified atom stereocenters. The van der Waals surface area contributed by atoms with E-state index in [1.54, 1.807) is 14.2 Å². The maximum atomic E-state index is 6.48. The largest absolute Gasteiger partial charge is 0.493 e. The normalized spacial score (nSPS) is 12.1. The zero-order chi connectivity index (χ0) is 30.8. The second-order valence-corrected chi connectivity index (χ2v) is 10.8. The van der Waals surface area contributed by atoms with E-state index in [0.29, 0.717) is 61.5 Å². The molecule has 0 radical (unpaired) electrons. The summed E-state index contributed by atoms with van der Waals surface area (Å²) in [6, 6.07) is 38.5. The van der Waals surface area contributed by atoms with Crippen LogP contribution >= 0.6 is 0 Å². The molecule has 6 rings (SSSR count). The van der Waals surface area contributed by atoms with E-state index in [9.17, 15) is 0 Å². The molecule has 0 N–H and O–H groups in total. The third-order valence-electron chi connectivity index (χ3n) is 7.76. The maximum Gasteiger partial charge on any atom is 0.204 e. The van der Waals surface area contributed by atoms with Crippen LogP contribution in [0.3, 0.4) is 0 Å². The molecule has 1 heterocycles. The Balaban J connectivity index is 1.31. The lowest BCUT2D eigenvalue weighted by molar-refractivity contribution is 0.243. The molecule has 1 aliphatic rings. The average Bonchev–Trinajstić information content (AvgIpc) is 3.10. The molecule has 0 aromatic heterocycles. The van der Waals surface area contributed by atoms with Gasteiger partial charge in [-0.1, -0.05) is 97.1 Å². The van der Waals surface area contributed by atoms with Crippen molar-refractivity contribution in [1.29, 1.82) is 0 Å². The minimum absolute atomic E-state index is 0.380. The van der Waals surface area contributed by atoms with Gasteiger partial charge >= 0.3 is 0 Å². The first-order valence-corrected chi connectivity index (χ1v) is 15.2. The molecule has 228 valence electrons. The molecule has 1 aliphatic heterocycles. The van der Waals surface area contributed by atoms with E-state index in [0.717, 1.165) is 45.5 Å². The van der Waals surface area contributed by atoms with Crippen LogP contribution in [0.4, 0.5) is 0 Å². The molecule has 0 aliphatic carbocycles. The lowest BCUT2D eigenvalue weighted by Gasteiger charge is -2.25. The number of rotatable bonds is 13. The monoisotopic (exact) mass is 599 g/mol. The molecule has 5 aromatic rings. The molecular weight excluding hydrogens is 562 g/mol. The highest BCUT2D eigenvalue weighted by atomic mass is 16.5. The third-order valence-corrected chi connectivity index (χ3v) is 7.76. The predicted octanol–water partition coefficient (Wildman–Crippen LogP) is 8.03. The van der Waals surface area contributed by atoms with Crippen LogP contribution in [0.5, 0.6) is 28.7 Å². The third kappa shape index (κ3) is 7.29. The molecule has 0 saturated carbocycles. The second-order valence-electron chi connectivity index (χ2n) is 10.8. The van der Waals surface area contributed by atoms with E-state index in [-0.39, 0.29) is 0 Å². The lowest BCUT2D eigenvalue weighted by atomic mass is 9.91. The van der Waals surface area contributed by atoms with Crippen LogP contribution < -0.4 is 23.7 Å². The van der Waals surface area contributed by atoms with Gasteiger partial charge in [-0.3, -0.25) is 4.99 Å². The van der Waals surface area contributed by atoms with Gasteiger partial charge in [0.05, 0.1) is 19.9 Å². The van der Waals surface area contributed by atoms with Crippen molar-refractivity contribution in [2.75, 3.05) is 20.8 Å². The Bertz CT molecular complexity index is 1740. The van der Waals surface area contributed by atoms with E-state index < -0.39 is 0 Å². The van der Waals surface area contributed by atoms with Gasteiger partial charge in [0.25, 0.3) is 0 Å². The first kappa shape index (κ1) is 29.8. The Kier molecular flexibility index (Phi) is 9.61. The Morgan fingerprint density at radius 2 is 1.11 bits per heavy atom. The molecule has 0 saturated heterocycles. The van der Waals surface area contributed by atoms with Crippen molar-refractivity contribution in [1.82, 2.24) is 0 Å². The Labute approximate surface area is 264 Å². The summed E-state index contributed by atoms with van der Waals surface area (Å²) < 4.78 is 30.8. The van der Waals surface area contributed by atoms with Crippen LogP contribution in [0, 0.1) is 0 Å². The lowest BCUT2D eigenvalue weighted by Crippen LogP contribution is -2.18. The Morgan fingerprint density at radius 3 is 1.69 bits per heavy atom. The van der Waals surface area contributed by atoms with Crippen molar-refractivity contribution in [3.05, 3.63) is 149 Å². The summed E-state index contributed by atoms with van der Waals surface area (Å²) in [5.74, 6) is 3.26. The summed E-state index contributed by atoms with van der Waals surface area (Å²) in [6.07, 6.45) is 1.38. The van der Waals surface area contributed by atoms with E-state index in [1.807, 2.05) is 91.0 Å². The highest BCUT2D eigenvalue weighted by Gasteiger charge is 2.27. The van der Waals surface area contributed by atoms with E-state index in [4.69, 9.17) is 28.7 Å². The minimum atomic E-state index is 0.380. The summed E-state index contributed by atoms with van der Waals surface area (Å²) in [4.78, 5) is 4.99. The van der Waals surface area contributed by atoms with E-state index in [1.165, 1.54) is 0 Å². The Hall–Kier alpha value is -5.23. The van der Waals surface area contributed by atoms with Crippen LogP contribution in [-0.4, -0.2) is 26.5 Å². The van der Waals surface area contributed by atoms with Crippen molar-refractivity contribution in [2.24, 2.45) is 4.99 Å². The van der Waals surface area contributed by atoms with Gasteiger partial charge in [0.1, 0.15) is 19.8 Å². The molecule has 0 atom stereocenters. The zero-order valence-electron chi connectivity index (χ0n) is 25.7. The predicted molar refractivity (Wildman–Crippen MR) is 177 cm³/mol. The van der Waals surface area contributed by atoms with Crippen molar-refractivity contribution < 1.29 is 23.7 Å². The van der Waals surface area contributed by atoms with Crippen LogP contribution in [0.2, 0.25) is 0 Å². The van der Waals surface area contributed by atoms with Crippen molar-refractivity contribution in [3.8, 4) is 28.7 Å². The number of methoxy groups -OCH3 is 2. The summed E-state index contributed by atoms with van der Waals surface area (Å²) >= 11 is 0. The maximum absolute atomic E-state index is 6.48. The van der Waals surface area contributed by atoms with Crippen LogP contribution in [-0.2, 0) is 32.7 Å². The average molecular weight is 600 g/mol. The van der Waals surface area contributed by atoms with Crippen LogP contribution in [0.15, 0.2) is 120 Å². The van der Waals surface area contributed by atoms with Gasteiger partial charge in [-0.05, 0) is 52.4 Å². The number of hydrogen-bond donors (Lipinski definition) is 0. The number of hydrogen-bond acceptors (Lipinski definition) is 6. The second kappa shape index (κ2) is 14.5. The first-order chi connectivity index (χ1) is 22.2. The van der Waals surface area contributed by atoms with E-state index >= 15 is 0 Å². The first-order valence-electron chi connectivity index (χ1n) is 15.2. The summed E-state index contributed by atoms with van der Waals surface area (Å²) in [6.45, 7) is 1.93. The minimum Gasteiger partial charge on any atom is -0.493 e. The van der Waals surface area contributed by atoms with Gasteiger partial charge in [0.2, 0.25) is 5.75 Å². The van der Waals surface area contributed by atoms with E-state index in [2.05, 4.69) is 24.3 Å². The van der Waals surface area contributed by atoms with Gasteiger partial charge in [0, 0.05) is 18.5 Å². The molecule has 6 heteroatoms. The molecule has 5 aromatic carbocycles. The topological polar surface area (TPSA) is 58.5 Å². The molecule has 0 fully saturated rings. The standard InChI is InChI=1S/C39H37NO5/c1-41-34-19-18-31(23-35(34)43-25-28-12-6-3-7-13-28)22-33-37-32(20-21-40-33)24-36(44-26-29-14-8-4-9-15-29)38(39(37)42-2)45-27-30-16-10-5-11-17-30/h3-19,23-24H,20-22,25-27H2,1-2H3. The number of benzene rings is 5. The van der Waals surface area contributed by atoms with Crippen molar-refractivity contribution in [3.63, 3.8) is 0 Å². The summed E-state index contributed by atoms with van der Waals surface area (Å²) in [7, 11) is 3.34. The quantitative estimate of drug-likeness (QED) is 0.137. The van der Waals surface area contributed by atoms with Crippen molar-refractivity contribution in [2.45, 2.75) is 32.7 Å².